The van der Waals surface area contributed by atoms with E-state index in [1.165, 1.54) is 5.56 Å². The summed E-state index contributed by atoms with van der Waals surface area (Å²) in [6.45, 7) is 7.01. The SMILES string of the molecule is CCCOCCCNC(C)c1ccc(-n2ccnc2)cc1. The van der Waals surface area contributed by atoms with Crippen LogP contribution in [0.2, 0.25) is 0 Å². The zero-order valence-electron chi connectivity index (χ0n) is 13.0. The lowest BCUT2D eigenvalue weighted by Crippen LogP contribution is -2.21. The maximum absolute atomic E-state index is 5.48. The van der Waals surface area contributed by atoms with Crippen LogP contribution in [-0.2, 0) is 4.74 Å². The van der Waals surface area contributed by atoms with Crippen LogP contribution >= 0.6 is 0 Å². The van der Waals surface area contributed by atoms with Gasteiger partial charge in [0, 0.05) is 37.3 Å². The molecule has 0 aliphatic carbocycles. The van der Waals surface area contributed by atoms with Gasteiger partial charge >= 0.3 is 0 Å². The summed E-state index contributed by atoms with van der Waals surface area (Å²) in [5.74, 6) is 0. The first-order valence-electron chi connectivity index (χ1n) is 7.70. The second-order valence-electron chi connectivity index (χ2n) is 5.20. The fourth-order valence-electron chi connectivity index (χ4n) is 2.20. The molecule has 0 radical (unpaired) electrons. The predicted molar refractivity (Wildman–Crippen MR) is 85.7 cm³/mol. The van der Waals surface area contributed by atoms with Crippen molar-refractivity contribution in [1.29, 1.82) is 0 Å². The van der Waals surface area contributed by atoms with Crippen LogP contribution in [0.1, 0.15) is 38.3 Å². The van der Waals surface area contributed by atoms with Gasteiger partial charge in [0.25, 0.3) is 0 Å². The maximum Gasteiger partial charge on any atom is 0.0991 e. The number of hydrogen-bond donors (Lipinski definition) is 1. The Morgan fingerprint density at radius 1 is 1.24 bits per heavy atom. The molecule has 1 aromatic heterocycles. The van der Waals surface area contributed by atoms with Crippen LogP contribution in [0.4, 0.5) is 0 Å². The number of hydrogen-bond acceptors (Lipinski definition) is 3. The van der Waals surface area contributed by atoms with Gasteiger partial charge in [-0.1, -0.05) is 19.1 Å². The highest BCUT2D eigenvalue weighted by atomic mass is 16.5. The van der Waals surface area contributed by atoms with Crippen molar-refractivity contribution in [3.05, 3.63) is 48.5 Å². The molecule has 1 aromatic carbocycles. The van der Waals surface area contributed by atoms with Crippen molar-refractivity contribution in [2.24, 2.45) is 0 Å². The highest BCUT2D eigenvalue weighted by Crippen LogP contribution is 2.15. The van der Waals surface area contributed by atoms with Crippen molar-refractivity contribution in [3.63, 3.8) is 0 Å². The molecule has 1 heterocycles. The van der Waals surface area contributed by atoms with E-state index in [9.17, 15) is 0 Å². The van der Waals surface area contributed by atoms with Crippen molar-refractivity contribution >= 4 is 0 Å². The minimum atomic E-state index is 0.355. The van der Waals surface area contributed by atoms with Crippen LogP contribution in [-0.4, -0.2) is 29.3 Å². The van der Waals surface area contributed by atoms with Crippen LogP contribution in [0.5, 0.6) is 0 Å². The largest absolute Gasteiger partial charge is 0.381 e. The molecule has 114 valence electrons. The molecule has 0 saturated carbocycles. The molecule has 1 N–H and O–H groups in total. The molecule has 1 unspecified atom stereocenters. The minimum Gasteiger partial charge on any atom is -0.381 e. The monoisotopic (exact) mass is 287 g/mol. The topological polar surface area (TPSA) is 39.1 Å². The second kappa shape index (κ2) is 8.60. The molecule has 0 bridgehead atoms. The molecule has 2 aromatic rings. The third-order valence-corrected chi connectivity index (χ3v) is 3.46. The summed E-state index contributed by atoms with van der Waals surface area (Å²) in [7, 11) is 0. The van der Waals surface area contributed by atoms with Crippen LogP contribution in [0, 0.1) is 0 Å². The molecule has 0 fully saturated rings. The third kappa shape index (κ3) is 4.99. The zero-order valence-corrected chi connectivity index (χ0v) is 13.0. The number of nitrogens with zero attached hydrogens (tertiary/aromatic N) is 2. The number of imidazole rings is 1. The summed E-state index contributed by atoms with van der Waals surface area (Å²) >= 11 is 0. The van der Waals surface area contributed by atoms with Gasteiger partial charge in [0.05, 0.1) is 6.33 Å². The Balaban J connectivity index is 1.76. The number of ether oxygens (including phenoxy) is 1. The summed E-state index contributed by atoms with van der Waals surface area (Å²) in [5.41, 5.74) is 2.43. The van der Waals surface area contributed by atoms with E-state index in [0.29, 0.717) is 6.04 Å². The molecule has 0 spiro atoms. The summed E-state index contributed by atoms with van der Waals surface area (Å²) in [5, 5.41) is 3.53. The summed E-state index contributed by atoms with van der Waals surface area (Å²) < 4.78 is 7.49. The van der Waals surface area contributed by atoms with Crippen LogP contribution in [0.3, 0.4) is 0 Å². The van der Waals surface area contributed by atoms with Gasteiger partial charge in [-0.2, -0.15) is 0 Å². The summed E-state index contributed by atoms with van der Waals surface area (Å²) in [6.07, 6.45) is 7.70. The Hall–Kier alpha value is -1.65. The maximum atomic E-state index is 5.48. The molecular formula is C17H25N3O. The lowest BCUT2D eigenvalue weighted by Gasteiger charge is -2.15. The summed E-state index contributed by atoms with van der Waals surface area (Å²) in [6, 6.07) is 8.94. The van der Waals surface area contributed by atoms with Gasteiger partial charge in [0.2, 0.25) is 0 Å². The standard InChI is InChI=1S/C17H25N3O/c1-3-12-21-13-4-9-19-15(2)16-5-7-17(8-6-16)20-11-10-18-14-20/h5-8,10-11,14-15,19H,3-4,9,12-13H2,1-2H3. The number of benzene rings is 1. The zero-order chi connectivity index (χ0) is 14.9. The molecule has 4 nitrogen and oxygen atoms in total. The van der Waals surface area contributed by atoms with Gasteiger partial charge in [-0.3, -0.25) is 0 Å². The highest BCUT2D eigenvalue weighted by molar-refractivity contribution is 5.35. The first-order chi connectivity index (χ1) is 10.3. The van der Waals surface area contributed by atoms with Crippen molar-refractivity contribution in [2.75, 3.05) is 19.8 Å². The number of nitrogens with one attached hydrogen (secondary N) is 1. The molecule has 4 heteroatoms. The number of rotatable bonds is 9. The molecule has 0 aliphatic rings. The van der Waals surface area contributed by atoms with Gasteiger partial charge < -0.3 is 14.6 Å². The second-order valence-corrected chi connectivity index (χ2v) is 5.20. The minimum absolute atomic E-state index is 0.355. The average Bonchev–Trinajstić information content (AvgIpc) is 3.05. The Morgan fingerprint density at radius 3 is 2.71 bits per heavy atom. The molecule has 0 amide bonds. The lowest BCUT2D eigenvalue weighted by atomic mass is 10.1. The average molecular weight is 287 g/mol. The Labute approximate surface area is 127 Å². The van der Waals surface area contributed by atoms with E-state index < -0.39 is 0 Å². The van der Waals surface area contributed by atoms with E-state index in [-0.39, 0.29) is 0 Å². The smallest absolute Gasteiger partial charge is 0.0991 e. The normalized spacial score (nSPS) is 12.5. The molecule has 0 aliphatic heterocycles. The fourth-order valence-corrected chi connectivity index (χ4v) is 2.20. The quantitative estimate of drug-likeness (QED) is 0.719. The van der Waals surface area contributed by atoms with E-state index in [0.717, 1.165) is 38.3 Å². The lowest BCUT2D eigenvalue weighted by molar-refractivity contribution is 0.132. The summed E-state index contributed by atoms with van der Waals surface area (Å²) in [4.78, 5) is 4.07. The third-order valence-electron chi connectivity index (χ3n) is 3.46. The van der Waals surface area contributed by atoms with Crippen LogP contribution in [0.15, 0.2) is 43.0 Å². The molecule has 0 saturated heterocycles. The van der Waals surface area contributed by atoms with E-state index >= 15 is 0 Å². The first-order valence-corrected chi connectivity index (χ1v) is 7.70. The Kier molecular flexibility index (Phi) is 6.44. The van der Waals surface area contributed by atoms with Gasteiger partial charge in [0.15, 0.2) is 0 Å². The van der Waals surface area contributed by atoms with Gasteiger partial charge in [-0.15, -0.1) is 0 Å². The van der Waals surface area contributed by atoms with E-state index in [4.69, 9.17) is 4.74 Å². The first kappa shape index (κ1) is 15.7. The van der Waals surface area contributed by atoms with Gasteiger partial charge in [-0.05, 0) is 44.0 Å². The highest BCUT2D eigenvalue weighted by Gasteiger charge is 2.04. The molecule has 21 heavy (non-hydrogen) atoms. The van der Waals surface area contributed by atoms with Gasteiger partial charge in [0.1, 0.15) is 0 Å². The van der Waals surface area contributed by atoms with E-state index in [1.54, 1.807) is 6.20 Å². The fraction of sp³-hybridized carbons (Fsp3) is 0.471. The van der Waals surface area contributed by atoms with Gasteiger partial charge in [-0.25, -0.2) is 4.98 Å². The van der Waals surface area contributed by atoms with Crippen LogP contribution < -0.4 is 5.32 Å². The predicted octanol–water partition coefficient (Wildman–Crippen LogP) is 3.34. The van der Waals surface area contributed by atoms with Crippen molar-refractivity contribution in [1.82, 2.24) is 14.9 Å². The van der Waals surface area contributed by atoms with Crippen molar-refractivity contribution < 1.29 is 4.74 Å². The van der Waals surface area contributed by atoms with Crippen molar-refractivity contribution in [3.8, 4) is 5.69 Å². The van der Waals surface area contributed by atoms with Crippen LogP contribution in [0.25, 0.3) is 5.69 Å². The van der Waals surface area contributed by atoms with E-state index in [1.807, 2.05) is 17.1 Å². The van der Waals surface area contributed by atoms with Crippen molar-refractivity contribution in [2.45, 2.75) is 32.7 Å². The Morgan fingerprint density at radius 2 is 2.05 bits per heavy atom. The molecular weight excluding hydrogens is 262 g/mol. The molecule has 1 atom stereocenters. The van der Waals surface area contributed by atoms with E-state index in [2.05, 4.69) is 48.4 Å². The Bertz CT molecular complexity index is 493. The number of aromatic nitrogens is 2. The molecule has 2 rings (SSSR count).